The van der Waals surface area contributed by atoms with Gasteiger partial charge in [0.1, 0.15) is 0 Å². The van der Waals surface area contributed by atoms with Crippen molar-refractivity contribution in [3.63, 3.8) is 0 Å². The maximum Gasteiger partial charge on any atom is 0.0444 e. The van der Waals surface area contributed by atoms with E-state index in [4.69, 9.17) is 5.73 Å². The van der Waals surface area contributed by atoms with Gasteiger partial charge in [0.2, 0.25) is 0 Å². The third-order valence-corrected chi connectivity index (χ3v) is 4.51. The summed E-state index contributed by atoms with van der Waals surface area (Å²) in [6, 6.07) is 7.15. The second-order valence-corrected chi connectivity index (χ2v) is 6.03. The highest BCUT2D eigenvalue weighted by atomic mass is 15.1. The van der Waals surface area contributed by atoms with E-state index in [1.54, 1.807) is 0 Å². The molecule has 3 rings (SSSR count). The molecule has 104 valence electrons. The summed E-state index contributed by atoms with van der Waals surface area (Å²) in [5.74, 6) is 0.986. The number of hydrogen-bond acceptors (Lipinski definition) is 3. The highest BCUT2D eigenvalue weighted by Crippen LogP contribution is 2.32. The summed E-state index contributed by atoms with van der Waals surface area (Å²) in [6.07, 6.45) is 5.34. The first-order valence-corrected chi connectivity index (χ1v) is 7.55. The highest BCUT2D eigenvalue weighted by Gasteiger charge is 2.21. The Hall–Kier alpha value is -1.06. The fourth-order valence-corrected chi connectivity index (χ4v) is 3.01. The maximum atomic E-state index is 5.94. The number of benzene rings is 1. The lowest BCUT2D eigenvalue weighted by atomic mass is 10.0. The standard InChI is InChI=1S/C16H25N3/c1-19-9-7-14-10-13(4-5-16(14)19)15(11-17)18-8-6-12-2-3-12/h4-5,10,12,15,18H,2-3,6-9,11,17H2,1H3. The molecule has 3 heteroatoms. The van der Waals surface area contributed by atoms with Crippen molar-refractivity contribution < 1.29 is 0 Å². The lowest BCUT2D eigenvalue weighted by Crippen LogP contribution is -2.29. The number of hydrogen-bond donors (Lipinski definition) is 2. The van der Waals surface area contributed by atoms with Gasteiger partial charge in [0.15, 0.2) is 0 Å². The van der Waals surface area contributed by atoms with Gasteiger partial charge in [-0.3, -0.25) is 0 Å². The zero-order valence-corrected chi connectivity index (χ0v) is 11.9. The Balaban J connectivity index is 1.65. The molecule has 19 heavy (non-hydrogen) atoms. The molecule has 0 bridgehead atoms. The van der Waals surface area contributed by atoms with E-state index in [0.717, 1.165) is 19.0 Å². The van der Waals surface area contributed by atoms with Gasteiger partial charge in [0.05, 0.1) is 0 Å². The first-order chi connectivity index (χ1) is 9.28. The lowest BCUT2D eigenvalue weighted by Gasteiger charge is -2.19. The molecule has 1 unspecified atom stereocenters. The van der Waals surface area contributed by atoms with Crippen molar-refractivity contribution in [1.29, 1.82) is 0 Å². The molecule has 1 heterocycles. The molecule has 0 aromatic heterocycles. The molecule has 0 spiro atoms. The van der Waals surface area contributed by atoms with Crippen LogP contribution >= 0.6 is 0 Å². The highest BCUT2D eigenvalue weighted by molar-refractivity contribution is 5.58. The smallest absolute Gasteiger partial charge is 0.0444 e. The van der Waals surface area contributed by atoms with Crippen molar-refractivity contribution in [2.75, 3.05) is 31.6 Å². The Labute approximate surface area is 116 Å². The molecule has 1 aromatic rings. The molecule has 2 aliphatic rings. The Morgan fingerprint density at radius 1 is 1.42 bits per heavy atom. The van der Waals surface area contributed by atoms with Crippen molar-refractivity contribution >= 4 is 5.69 Å². The minimum Gasteiger partial charge on any atom is -0.374 e. The molecular formula is C16H25N3. The summed E-state index contributed by atoms with van der Waals surface area (Å²) >= 11 is 0. The number of nitrogens with one attached hydrogen (secondary N) is 1. The molecule has 1 aliphatic heterocycles. The molecule has 0 radical (unpaired) electrons. The SMILES string of the molecule is CN1CCc2cc(C(CN)NCCC3CC3)ccc21. The Morgan fingerprint density at radius 2 is 2.26 bits per heavy atom. The monoisotopic (exact) mass is 259 g/mol. The molecule has 1 aromatic carbocycles. The van der Waals surface area contributed by atoms with Crippen LogP contribution in [0.4, 0.5) is 5.69 Å². The van der Waals surface area contributed by atoms with Crippen LogP contribution < -0.4 is 16.0 Å². The number of rotatable bonds is 6. The Kier molecular flexibility index (Phi) is 3.76. The molecule has 1 saturated carbocycles. The van der Waals surface area contributed by atoms with Crippen LogP contribution in [0.3, 0.4) is 0 Å². The number of fused-ring (bicyclic) bond motifs is 1. The second-order valence-electron chi connectivity index (χ2n) is 6.03. The van der Waals surface area contributed by atoms with Crippen LogP contribution in [-0.4, -0.2) is 26.7 Å². The van der Waals surface area contributed by atoms with Gasteiger partial charge >= 0.3 is 0 Å². The van der Waals surface area contributed by atoms with Crippen molar-refractivity contribution in [2.24, 2.45) is 11.7 Å². The third kappa shape index (κ3) is 2.93. The van der Waals surface area contributed by atoms with Crippen LogP contribution in [0.5, 0.6) is 0 Å². The van der Waals surface area contributed by atoms with Gasteiger partial charge in [0.25, 0.3) is 0 Å². The molecule has 3 N–H and O–H groups in total. The first-order valence-electron chi connectivity index (χ1n) is 7.55. The molecular weight excluding hydrogens is 234 g/mol. The van der Waals surface area contributed by atoms with Crippen LogP contribution in [0.25, 0.3) is 0 Å². The average Bonchev–Trinajstić information content (AvgIpc) is 3.18. The summed E-state index contributed by atoms with van der Waals surface area (Å²) in [7, 11) is 2.17. The Morgan fingerprint density at radius 3 is 3.00 bits per heavy atom. The molecule has 1 fully saturated rings. The van der Waals surface area contributed by atoms with Gasteiger partial charge in [-0.25, -0.2) is 0 Å². The molecule has 0 amide bonds. The van der Waals surface area contributed by atoms with Gasteiger partial charge in [-0.15, -0.1) is 0 Å². The van der Waals surface area contributed by atoms with Crippen LogP contribution in [0.2, 0.25) is 0 Å². The van der Waals surface area contributed by atoms with Crippen molar-refractivity contribution in [1.82, 2.24) is 5.32 Å². The van der Waals surface area contributed by atoms with Crippen molar-refractivity contribution in [2.45, 2.75) is 31.7 Å². The number of nitrogens with zero attached hydrogens (tertiary/aromatic N) is 1. The predicted molar refractivity (Wildman–Crippen MR) is 80.6 cm³/mol. The number of anilines is 1. The topological polar surface area (TPSA) is 41.3 Å². The van der Waals surface area contributed by atoms with Gasteiger partial charge in [-0.2, -0.15) is 0 Å². The zero-order chi connectivity index (χ0) is 13.2. The van der Waals surface area contributed by atoms with E-state index in [-0.39, 0.29) is 0 Å². The van der Waals surface area contributed by atoms with E-state index in [1.807, 2.05) is 0 Å². The van der Waals surface area contributed by atoms with Gasteiger partial charge in [-0.1, -0.05) is 25.0 Å². The molecule has 3 nitrogen and oxygen atoms in total. The average molecular weight is 259 g/mol. The normalized spacial score (nSPS) is 19.6. The molecule has 1 atom stereocenters. The lowest BCUT2D eigenvalue weighted by molar-refractivity contribution is 0.516. The van der Waals surface area contributed by atoms with Crippen LogP contribution in [0.15, 0.2) is 18.2 Å². The van der Waals surface area contributed by atoms with Crippen LogP contribution in [-0.2, 0) is 6.42 Å². The minimum atomic E-state index is 0.315. The van der Waals surface area contributed by atoms with E-state index in [9.17, 15) is 0 Å². The summed E-state index contributed by atoms with van der Waals surface area (Å²) < 4.78 is 0. The van der Waals surface area contributed by atoms with Gasteiger partial charge < -0.3 is 16.0 Å². The fraction of sp³-hybridized carbons (Fsp3) is 0.625. The van der Waals surface area contributed by atoms with Crippen LogP contribution in [0.1, 0.15) is 36.4 Å². The summed E-state index contributed by atoms with van der Waals surface area (Å²) in [4.78, 5) is 2.33. The van der Waals surface area contributed by atoms with Crippen molar-refractivity contribution in [3.05, 3.63) is 29.3 Å². The van der Waals surface area contributed by atoms with Crippen LogP contribution in [0, 0.1) is 5.92 Å². The van der Waals surface area contributed by atoms with Gasteiger partial charge in [0, 0.05) is 31.9 Å². The zero-order valence-electron chi connectivity index (χ0n) is 11.9. The Bertz CT molecular complexity index is 440. The van der Waals surface area contributed by atoms with E-state index in [2.05, 4.69) is 35.5 Å². The quantitative estimate of drug-likeness (QED) is 0.822. The maximum absolute atomic E-state index is 5.94. The predicted octanol–water partition coefficient (Wildman–Crippen LogP) is 2.07. The summed E-state index contributed by atoms with van der Waals surface area (Å²) in [5, 5.41) is 3.62. The number of likely N-dealkylation sites (N-methyl/N-ethyl adjacent to an activating group) is 1. The molecule has 0 saturated heterocycles. The minimum absolute atomic E-state index is 0.315. The second kappa shape index (κ2) is 5.51. The fourth-order valence-electron chi connectivity index (χ4n) is 3.01. The van der Waals surface area contributed by atoms with E-state index >= 15 is 0 Å². The third-order valence-electron chi connectivity index (χ3n) is 4.51. The number of nitrogens with two attached hydrogens (primary N) is 1. The van der Waals surface area contributed by atoms with E-state index in [0.29, 0.717) is 12.6 Å². The van der Waals surface area contributed by atoms with E-state index in [1.165, 1.54) is 42.5 Å². The summed E-state index contributed by atoms with van der Waals surface area (Å²) in [6.45, 7) is 2.92. The summed E-state index contributed by atoms with van der Waals surface area (Å²) in [5.41, 5.74) is 10.2. The van der Waals surface area contributed by atoms with E-state index < -0.39 is 0 Å². The molecule has 1 aliphatic carbocycles. The van der Waals surface area contributed by atoms with Crippen molar-refractivity contribution in [3.8, 4) is 0 Å². The van der Waals surface area contributed by atoms with Gasteiger partial charge in [-0.05, 0) is 42.5 Å². The largest absolute Gasteiger partial charge is 0.374 e. The first kappa shape index (κ1) is 12.9.